The zero-order chi connectivity index (χ0) is 20.3. The fourth-order valence-corrected chi connectivity index (χ4v) is 2.87. The van der Waals surface area contributed by atoms with Crippen LogP contribution in [0.1, 0.15) is 61.2 Å². The lowest BCUT2D eigenvalue weighted by Crippen LogP contribution is -2.30. The highest BCUT2D eigenvalue weighted by molar-refractivity contribution is 6.22. The van der Waals surface area contributed by atoms with Crippen LogP contribution in [0.15, 0.2) is 42.5 Å². The number of benzene rings is 2. The van der Waals surface area contributed by atoms with E-state index in [0.717, 1.165) is 18.6 Å². The van der Waals surface area contributed by atoms with Crippen LogP contribution in [-0.2, 0) is 4.74 Å². The Kier molecular flexibility index (Phi) is 5.63. The van der Waals surface area contributed by atoms with Crippen LogP contribution in [0.5, 0.6) is 0 Å². The smallest absolute Gasteiger partial charge is 0.338 e. The highest BCUT2D eigenvalue weighted by Crippen LogP contribution is 2.24. The molecule has 2 amide bonds. The van der Waals surface area contributed by atoms with Crippen LogP contribution in [0.3, 0.4) is 0 Å². The fourth-order valence-electron chi connectivity index (χ4n) is 2.87. The van der Waals surface area contributed by atoms with Gasteiger partial charge >= 0.3 is 5.97 Å². The molecule has 0 saturated heterocycles. The Hall–Kier alpha value is -3.35. The number of nitrogens with zero attached hydrogens (tertiary/aromatic N) is 1. The summed E-state index contributed by atoms with van der Waals surface area (Å²) in [4.78, 5) is 50.2. The molecule has 6 nitrogen and oxygen atoms in total. The molecule has 0 aromatic heterocycles. The molecule has 144 valence electrons. The topological polar surface area (TPSA) is 80.8 Å². The second kappa shape index (κ2) is 8.12. The van der Waals surface area contributed by atoms with Crippen molar-refractivity contribution in [2.45, 2.75) is 19.8 Å². The molecule has 28 heavy (non-hydrogen) atoms. The van der Waals surface area contributed by atoms with Gasteiger partial charge < -0.3 is 4.74 Å². The van der Waals surface area contributed by atoms with Crippen molar-refractivity contribution in [1.82, 2.24) is 4.90 Å². The van der Waals surface area contributed by atoms with E-state index in [4.69, 9.17) is 4.74 Å². The number of carbonyl (C=O) groups excluding carboxylic acids is 4. The van der Waals surface area contributed by atoms with E-state index in [1.54, 1.807) is 0 Å². The number of Topliss-reactive ketones (excluding diaryl/α,β-unsaturated/α-hetero) is 1. The number of carbonyl (C=O) groups is 4. The molecule has 0 spiro atoms. The summed E-state index contributed by atoms with van der Waals surface area (Å²) in [5.41, 5.74) is 0.695. The van der Waals surface area contributed by atoms with Gasteiger partial charge in [-0.05, 0) is 48.9 Å². The first-order valence-corrected chi connectivity index (χ1v) is 8.88. The molecule has 0 unspecified atom stereocenters. The molecule has 2 aromatic rings. The number of halogens is 1. The third kappa shape index (κ3) is 3.83. The molecule has 0 fully saturated rings. The molecule has 0 saturated carbocycles. The summed E-state index contributed by atoms with van der Waals surface area (Å²) in [6.45, 7) is 1.77. The quantitative estimate of drug-likeness (QED) is 0.416. The van der Waals surface area contributed by atoms with Crippen molar-refractivity contribution in [3.63, 3.8) is 0 Å². The number of ketones is 1. The van der Waals surface area contributed by atoms with Gasteiger partial charge in [-0.3, -0.25) is 19.3 Å². The van der Waals surface area contributed by atoms with Gasteiger partial charge in [-0.1, -0.05) is 13.3 Å². The minimum Gasteiger partial charge on any atom is -0.454 e. The van der Waals surface area contributed by atoms with Gasteiger partial charge in [-0.2, -0.15) is 0 Å². The zero-order valence-electron chi connectivity index (χ0n) is 15.2. The Morgan fingerprint density at radius 2 is 1.61 bits per heavy atom. The van der Waals surface area contributed by atoms with Gasteiger partial charge in [0.05, 0.1) is 16.7 Å². The van der Waals surface area contributed by atoms with Gasteiger partial charge in [0, 0.05) is 12.1 Å². The Balaban J connectivity index is 1.68. The summed E-state index contributed by atoms with van der Waals surface area (Å²) < 4.78 is 17.9. The SMILES string of the molecule is CCCCN1C(=O)c2ccc(C(=O)OCC(=O)c3ccc(F)cc3)cc2C1=O. The Bertz CT molecular complexity index is 952. The predicted molar refractivity (Wildman–Crippen MR) is 97.7 cm³/mol. The maximum absolute atomic E-state index is 12.9. The van der Waals surface area contributed by atoms with E-state index in [2.05, 4.69) is 0 Å². The highest BCUT2D eigenvalue weighted by atomic mass is 19.1. The lowest BCUT2D eigenvalue weighted by molar-refractivity contribution is 0.0474. The summed E-state index contributed by atoms with van der Waals surface area (Å²) in [5.74, 6) is -2.55. The fraction of sp³-hybridized carbons (Fsp3) is 0.238. The van der Waals surface area contributed by atoms with Gasteiger partial charge in [0.25, 0.3) is 11.8 Å². The monoisotopic (exact) mass is 383 g/mol. The van der Waals surface area contributed by atoms with Gasteiger partial charge in [0.15, 0.2) is 12.4 Å². The molecule has 0 bridgehead atoms. The average molecular weight is 383 g/mol. The van der Waals surface area contributed by atoms with Crippen molar-refractivity contribution >= 4 is 23.6 Å². The number of hydrogen-bond acceptors (Lipinski definition) is 5. The summed E-state index contributed by atoms with van der Waals surface area (Å²) >= 11 is 0. The normalized spacial score (nSPS) is 12.9. The number of imide groups is 1. The van der Waals surface area contributed by atoms with Crippen LogP contribution in [0.25, 0.3) is 0 Å². The van der Waals surface area contributed by atoms with E-state index in [9.17, 15) is 23.6 Å². The molecule has 0 radical (unpaired) electrons. The maximum Gasteiger partial charge on any atom is 0.338 e. The van der Waals surface area contributed by atoms with Crippen molar-refractivity contribution in [3.05, 3.63) is 70.5 Å². The van der Waals surface area contributed by atoms with Crippen LogP contribution in [-0.4, -0.2) is 41.6 Å². The van der Waals surface area contributed by atoms with E-state index in [0.29, 0.717) is 13.0 Å². The molecule has 2 aromatic carbocycles. The molecule has 7 heteroatoms. The number of esters is 1. The zero-order valence-corrected chi connectivity index (χ0v) is 15.2. The summed E-state index contributed by atoms with van der Waals surface area (Å²) in [5, 5.41) is 0. The van der Waals surface area contributed by atoms with Gasteiger partial charge in [-0.25, -0.2) is 9.18 Å². The molecule has 0 atom stereocenters. The Morgan fingerprint density at radius 3 is 2.29 bits per heavy atom. The van der Waals surface area contributed by atoms with Crippen molar-refractivity contribution in [2.75, 3.05) is 13.2 Å². The molecule has 3 rings (SSSR count). The molecular weight excluding hydrogens is 365 g/mol. The Labute approximate surface area is 160 Å². The first-order chi connectivity index (χ1) is 13.4. The summed E-state index contributed by atoms with van der Waals surface area (Å²) in [6, 6.07) is 9.00. The first kappa shape index (κ1) is 19.4. The molecule has 1 heterocycles. The number of hydrogen-bond donors (Lipinski definition) is 0. The van der Waals surface area contributed by atoms with Gasteiger partial charge in [-0.15, -0.1) is 0 Å². The van der Waals surface area contributed by atoms with Crippen molar-refractivity contribution in [1.29, 1.82) is 0 Å². The third-order valence-corrected chi connectivity index (χ3v) is 4.44. The second-order valence-corrected chi connectivity index (χ2v) is 6.38. The van der Waals surface area contributed by atoms with E-state index in [-0.39, 0.29) is 28.2 Å². The number of amides is 2. The molecule has 0 aliphatic carbocycles. The van der Waals surface area contributed by atoms with E-state index >= 15 is 0 Å². The van der Waals surface area contributed by atoms with E-state index in [1.807, 2.05) is 6.92 Å². The number of fused-ring (bicyclic) bond motifs is 1. The lowest BCUT2D eigenvalue weighted by Gasteiger charge is -2.12. The van der Waals surface area contributed by atoms with E-state index in [1.165, 1.54) is 35.2 Å². The minimum atomic E-state index is -0.787. The van der Waals surface area contributed by atoms with Gasteiger partial charge in [0.2, 0.25) is 0 Å². The predicted octanol–water partition coefficient (Wildman–Crippen LogP) is 3.26. The van der Waals surface area contributed by atoms with Crippen LogP contribution in [0.4, 0.5) is 4.39 Å². The minimum absolute atomic E-state index is 0.0733. The molecule has 1 aliphatic heterocycles. The highest BCUT2D eigenvalue weighted by Gasteiger charge is 2.35. The van der Waals surface area contributed by atoms with Gasteiger partial charge in [0.1, 0.15) is 5.82 Å². The molecule has 0 N–H and O–H groups in total. The average Bonchev–Trinajstić information content (AvgIpc) is 2.94. The number of rotatable bonds is 7. The first-order valence-electron chi connectivity index (χ1n) is 8.88. The van der Waals surface area contributed by atoms with Crippen molar-refractivity contribution in [2.24, 2.45) is 0 Å². The van der Waals surface area contributed by atoms with Crippen molar-refractivity contribution in [3.8, 4) is 0 Å². The maximum atomic E-state index is 12.9. The standard InChI is InChI=1S/C21H18FNO5/c1-2-3-10-23-19(25)16-9-6-14(11-17(16)20(23)26)21(27)28-12-18(24)13-4-7-15(22)8-5-13/h4-9,11H,2-3,10,12H2,1H3. The lowest BCUT2D eigenvalue weighted by atomic mass is 10.1. The van der Waals surface area contributed by atoms with Crippen LogP contribution >= 0.6 is 0 Å². The number of unbranched alkanes of at least 4 members (excludes halogenated alkanes) is 1. The van der Waals surface area contributed by atoms with E-state index < -0.39 is 30.1 Å². The summed E-state index contributed by atoms with van der Waals surface area (Å²) in [7, 11) is 0. The molecule has 1 aliphatic rings. The third-order valence-electron chi connectivity index (χ3n) is 4.44. The van der Waals surface area contributed by atoms with Crippen LogP contribution < -0.4 is 0 Å². The molecular formula is C21H18FNO5. The second-order valence-electron chi connectivity index (χ2n) is 6.38. The Morgan fingerprint density at radius 1 is 0.964 bits per heavy atom. The number of ether oxygens (including phenoxy) is 1. The largest absolute Gasteiger partial charge is 0.454 e. The van der Waals surface area contributed by atoms with Crippen LogP contribution in [0, 0.1) is 5.82 Å². The van der Waals surface area contributed by atoms with Crippen LogP contribution in [0.2, 0.25) is 0 Å². The van der Waals surface area contributed by atoms with Crippen molar-refractivity contribution < 1.29 is 28.3 Å². The summed E-state index contributed by atoms with van der Waals surface area (Å²) in [6.07, 6.45) is 1.54.